The molecule has 0 amide bonds. The van der Waals surface area contributed by atoms with Gasteiger partial charge in [0.2, 0.25) is 10.0 Å². The molecule has 1 aliphatic heterocycles. The van der Waals surface area contributed by atoms with Gasteiger partial charge in [-0.05, 0) is 24.6 Å². The molecule has 0 saturated carbocycles. The third-order valence-corrected chi connectivity index (χ3v) is 6.72. The zero-order valence-corrected chi connectivity index (χ0v) is 13.9. The number of carboxylic acid groups (broad SMARTS) is 1. The number of benzene rings is 1. The van der Waals surface area contributed by atoms with Crippen LogP contribution >= 0.6 is 11.8 Å². The summed E-state index contributed by atoms with van der Waals surface area (Å²) in [5.41, 5.74) is 0.326. The number of rotatable bonds is 3. The number of carboxylic acids is 1. The van der Waals surface area contributed by atoms with E-state index in [9.17, 15) is 13.2 Å². The first-order valence-corrected chi connectivity index (χ1v) is 9.10. The van der Waals surface area contributed by atoms with E-state index in [2.05, 4.69) is 0 Å². The predicted octanol–water partition coefficient (Wildman–Crippen LogP) is 2.21. The Labute approximate surface area is 129 Å². The topological polar surface area (TPSA) is 74.7 Å². The van der Waals surface area contributed by atoms with E-state index >= 15 is 0 Å². The lowest BCUT2D eigenvalue weighted by atomic mass is 10.1. The van der Waals surface area contributed by atoms with Gasteiger partial charge >= 0.3 is 5.97 Å². The van der Waals surface area contributed by atoms with E-state index in [1.807, 2.05) is 13.8 Å². The minimum absolute atomic E-state index is 0.0311. The highest BCUT2D eigenvalue weighted by atomic mass is 32.2. The SMILES string of the molecule is Cc1c(C(=O)O)cccc1S(=O)(=O)N1CC(C)SC(C)C1. The van der Waals surface area contributed by atoms with Gasteiger partial charge in [0.25, 0.3) is 0 Å². The van der Waals surface area contributed by atoms with E-state index < -0.39 is 16.0 Å². The summed E-state index contributed by atoms with van der Waals surface area (Å²) in [6, 6.07) is 4.39. The number of hydrogen-bond acceptors (Lipinski definition) is 4. The van der Waals surface area contributed by atoms with Gasteiger partial charge in [0, 0.05) is 23.6 Å². The molecule has 1 aromatic rings. The fourth-order valence-corrected chi connectivity index (χ4v) is 5.97. The Balaban J connectivity index is 2.45. The molecule has 1 aliphatic rings. The fraction of sp³-hybridized carbons (Fsp3) is 0.500. The van der Waals surface area contributed by atoms with Gasteiger partial charge in [0.15, 0.2) is 0 Å². The number of aromatic carboxylic acids is 1. The summed E-state index contributed by atoms with van der Waals surface area (Å²) < 4.78 is 27.1. The summed E-state index contributed by atoms with van der Waals surface area (Å²) in [6.45, 7) is 6.46. The van der Waals surface area contributed by atoms with Gasteiger partial charge in [-0.1, -0.05) is 19.9 Å². The van der Waals surface area contributed by atoms with E-state index in [1.54, 1.807) is 18.7 Å². The molecule has 2 unspecified atom stereocenters. The Morgan fingerprint density at radius 2 is 1.86 bits per heavy atom. The molecule has 5 nitrogen and oxygen atoms in total. The lowest BCUT2D eigenvalue weighted by molar-refractivity contribution is 0.0696. The van der Waals surface area contributed by atoms with Crippen LogP contribution in [-0.4, -0.2) is 47.4 Å². The van der Waals surface area contributed by atoms with E-state index in [-0.39, 0.29) is 21.0 Å². The summed E-state index contributed by atoms with van der Waals surface area (Å²) in [7, 11) is -3.66. The van der Waals surface area contributed by atoms with Crippen LogP contribution in [0.15, 0.2) is 23.1 Å². The summed E-state index contributed by atoms with van der Waals surface area (Å²) >= 11 is 1.77. The van der Waals surface area contributed by atoms with Gasteiger partial charge < -0.3 is 5.11 Å². The Bertz CT molecular complexity index is 647. The van der Waals surface area contributed by atoms with Crippen LogP contribution in [0.2, 0.25) is 0 Å². The molecule has 116 valence electrons. The number of thioether (sulfide) groups is 1. The molecule has 2 rings (SSSR count). The first kappa shape index (κ1) is 16.3. The largest absolute Gasteiger partial charge is 0.478 e. The lowest BCUT2D eigenvalue weighted by Crippen LogP contribution is -2.44. The first-order chi connectivity index (χ1) is 9.73. The van der Waals surface area contributed by atoms with Crippen LogP contribution in [-0.2, 0) is 10.0 Å². The van der Waals surface area contributed by atoms with Crippen molar-refractivity contribution in [2.45, 2.75) is 36.2 Å². The average molecular weight is 329 g/mol. The average Bonchev–Trinajstić information content (AvgIpc) is 2.37. The summed E-state index contributed by atoms with van der Waals surface area (Å²) in [5, 5.41) is 9.59. The normalized spacial score (nSPS) is 24.0. The molecule has 0 aliphatic carbocycles. The minimum atomic E-state index is -3.66. The number of nitrogens with zero attached hydrogens (tertiary/aromatic N) is 1. The fourth-order valence-electron chi connectivity index (χ4n) is 2.59. The van der Waals surface area contributed by atoms with E-state index in [0.29, 0.717) is 18.7 Å². The zero-order chi connectivity index (χ0) is 15.8. The van der Waals surface area contributed by atoms with Crippen LogP contribution in [0.4, 0.5) is 0 Å². The molecule has 0 spiro atoms. The molecule has 21 heavy (non-hydrogen) atoms. The first-order valence-electron chi connectivity index (χ1n) is 6.72. The van der Waals surface area contributed by atoms with E-state index in [1.165, 1.54) is 22.5 Å². The van der Waals surface area contributed by atoms with Crippen LogP contribution in [0.5, 0.6) is 0 Å². The summed E-state index contributed by atoms with van der Waals surface area (Å²) in [5.74, 6) is -1.11. The highest BCUT2D eigenvalue weighted by Gasteiger charge is 2.33. The maximum absolute atomic E-state index is 12.8. The third kappa shape index (κ3) is 3.25. The molecule has 1 fully saturated rings. The number of carbonyl (C=O) groups is 1. The molecule has 1 heterocycles. The van der Waals surface area contributed by atoms with Gasteiger partial charge in [0.1, 0.15) is 0 Å². The van der Waals surface area contributed by atoms with Gasteiger partial charge in [-0.15, -0.1) is 0 Å². The van der Waals surface area contributed by atoms with Crippen molar-refractivity contribution in [3.05, 3.63) is 29.3 Å². The minimum Gasteiger partial charge on any atom is -0.478 e. The molecule has 1 aromatic carbocycles. The molecule has 0 radical (unpaired) electrons. The van der Waals surface area contributed by atoms with E-state index in [4.69, 9.17) is 5.11 Å². The Morgan fingerprint density at radius 3 is 2.38 bits per heavy atom. The van der Waals surface area contributed by atoms with Crippen molar-refractivity contribution in [3.63, 3.8) is 0 Å². The van der Waals surface area contributed by atoms with Gasteiger partial charge in [-0.3, -0.25) is 0 Å². The van der Waals surface area contributed by atoms with Crippen molar-refractivity contribution in [1.82, 2.24) is 4.31 Å². The van der Waals surface area contributed by atoms with Crippen molar-refractivity contribution in [2.24, 2.45) is 0 Å². The standard InChI is InChI=1S/C14H19NO4S2/c1-9-7-15(8-10(2)20-9)21(18,19)13-6-4-5-12(11(13)3)14(16)17/h4-6,9-10H,7-8H2,1-3H3,(H,16,17). The highest BCUT2D eigenvalue weighted by Crippen LogP contribution is 2.30. The van der Waals surface area contributed by atoms with Crippen molar-refractivity contribution in [1.29, 1.82) is 0 Å². The molecule has 0 bridgehead atoms. The maximum atomic E-state index is 12.8. The molecular weight excluding hydrogens is 310 g/mol. The van der Waals surface area contributed by atoms with Gasteiger partial charge in [-0.2, -0.15) is 16.1 Å². The second kappa shape index (κ2) is 5.98. The summed E-state index contributed by atoms with van der Waals surface area (Å²) in [6.07, 6.45) is 0. The van der Waals surface area contributed by atoms with Gasteiger partial charge in [0.05, 0.1) is 10.5 Å². The van der Waals surface area contributed by atoms with Crippen LogP contribution in [0.25, 0.3) is 0 Å². The highest BCUT2D eigenvalue weighted by molar-refractivity contribution is 8.00. The van der Waals surface area contributed by atoms with Crippen molar-refractivity contribution < 1.29 is 18.3 Å². The Hall–Kier alpha value is -1.05. The molecule has 1 saturated heterocycles. The monoisotopic (exact) mass is 329 g/mol. The number of sulfonamides is 1. The molecule has 0 aromatic heterocycles. The quantitative estimate of drug-likeness (QED) is 0.920. The second-order valence-corrected chi connectivity index (χ2v) is 9.10. The smallest absolute Gasteiger partial charge is 0.335 e. The maximum Gasteiger partial charge on any atom is 0.335 e. The van der Waals surface area contributed by atoms with Crippen LogP contribution in [0.3, 0.4) is 0 Å². The van der Waals surface area contributed by atoms with Crippen LogP contribution in [0.1, 0.15) is 29.8 Å². The molecular formula is C14H19NO4S2. The Morgan fingerprint density at radius 1 is 1.29 bits per heavy atom. The van der Waals surface area contributed by atoms with E-state index in [0.717, 1.165) is 0 Å². The van der Waals surface area contributed by atoms with Crippen molar-refractivity contribution in [2.75, 3.05) is 13.1 Å². The molecule has 1 N–H and O–H groups in total. The summed E-state index contributed by atoms with van der Waals surface area (Å²) in [4.78, 5) is 11.3. The van der Waals surface area contributed by atoms with Crippen LogP contribution in [0, 0.1) is 6.92 Å². The Kier molecular flexibility index (Phi) is 4.65. The van der Waals surface area contributed by atoms with Crippen molar-refractivity contribution in [3.8, 4) is 0 Å². The lowest BCUT2D eigenvalue weighted by Gasteiger charge is -2.34. The zero-order valence-electron chi connectivity index (χ0n) is 12.2. The number of hydrogen-bond donors (Lipinski definition) is 1. The van der Waals surface area contributed by atoms with Crippen molar-refractivity contribution >= 4 is 27.8 Å². The van der Waals surface area contributed by atoms with Gasteiger partial charge in [-0.25, -0.2) is 13.2 Å². The predicted molar refractivity (Wildman–Crippen MR) is 83.4 cm³/mol. The molecule has 2 atom stereocenters. The van der Waals surface area contributed by atoms with Crippen LogP contribution < -0.4 is 0 Å². The molecule has 7 heteroatoms. The second-order valence-electron chi connectivity index (χ2n) is 5.31. The third-order valence-electron chi connectivity index (χ3n) is 3.52.